The van der Waals surface area contributed by atoms with E-state index in [1.54, 1.807) is 0 Å². The van der Waals surface area contributed by atoms with Crippen LogP contribution in [0.15, 0.2) is 157 Å². The minimum atomic E-state index is -0.867. The normalized spacial score (nSPS) is 17.7. The van der Waals surface area contributed by atoms with E-state index in [0.717, 1.165) is 112 Å². The highest BCUT2D eigenvalue weighted by Gasteiger charge is 2.72. The van der Waals surface area contributed by atoms with Crippen LogP contribution in [0, 0.1) is 0 Å². The van der Waals surface area contributed by atoms with Crippen LogP contribution in [0.2, 0.25) is 0 Å². The Balaban J connectivity index is 1.32. The quantitative estimate of drug-likeness (QED) is 0.158. The monoisotopic (exact) mass is 684 g/mol. The fraction of sp³-hybridized carbons (Fsp3) is 0.0222. The third kappa shape index (κ3) is 3.32. The second-order valence-electron chi connectivity index (χ2n) is 14.3. The summed E-state index contributed by atoms with van der Waals surface area (Å²) in [7, 11) is 0. The van der Waals surface area contributed by atoms with Crippen LogP contribution in [0.4, 0.5) is 22.7 Å². The second kappa shape index (κ2) is 9.51. The average molecular weight is 685 g/mol. The minimum Gasteiger partial charge on any atom is -0.399 e. The molecule has 4 aromatic carbocycles. The number of benzene rings is 4. The molecule has 8 nitrogen and oxygen atoms in total. The Bertz CT molecular complexity index is 2830. The molecule has 0 saturated heterocycles. The molecule has 0 bridgehead atoms. The number of rotatable bonds is 4. The third-order valence-electron chi connectivity index (χ3n) is 11.6. The van der Waals surface area contributed by atoms with Crippen LogP contribution in [0.25, 0.3) is 22.3 Å². The molecule has 0 atom stereocenters. The number of allylic oxidation sites excluding steroid dienone is 4. The number of anilines is 4. The van der Waals surface area contributed by atoms with Crippen molar-refractivity contribution in [1.82, 2.24) is 9.13 Å². The maximum Gasteiger partial charge on any atom is 0.553 e. The molecule has 0 radical (unpaired) electrons. The zero-order valence-corrected chi connectivity index (χ0v) is 28.5. The molecule has 6 aliphatic rings. The summed E-state index contributed by atoms with van der Waals surface area (Å²) in [5.41, 5.74) is 43.7. The van der Waals surface area contributed by atoms with Crippen molar-refractivity contribution in [3.05, 3.63) is 201 Å². The van der Waals surface area contributed by atoms with Gasteiger partial charge in [-0.2, -0.15) is 9.13 Å². The van der Waals surface area contributed by atoms with Crippen LogP contribution in [-0.4, -0.2) is 29.7 Å². The lowest BCUT2D eigenvalue weighted by Crippen LogP contribution is -2.71. The predicted molar refractivity (Wildman–Crippen MR) is 211 cm³/mol. The fourth-order valence-electron chi connectivity index (χ4n) is 9.51. The number of nitrogens with two attached hydrogens (primary N) is 4. The van der Waals surface area contributed by atoms with E-state index in [1.807, 2.05) is 48.5 Å². The predicted octanol–water partition coefficient (Wildman–Crippen LogP) is 4.75. The van der Waals surface area contributed by atoms with E-state index >= 15 is 0 Å². The third-order valence-corrected chi connectivity index (χ3v) is 11.6. The van der Waals surface area contributed by atoms with Gasteiger partial charge < -0.3 is 22.9 Å². The smallest absolute Gasteiger partial charge is 0.399 e. The van der Waals surface area contributed by atoms with E-state index in [4.69, 9.17) is 22.9 Å². The number of aromatic nitrogens is 2. The minimum absolute atomic E-state index is 0.732. The summed E-state index contributed by atoms with van der Waals surface area (Å²) in [4.78, 5) is 0. The van der Waals surface area contributed by atoms with E-state index in [9.17, 15) is 0 Å². The van der Waals surface area contributed by atoms with Gasteiger partial charge in [0.15, 0.2) is 0 Å². The Kier molecular flexibility index (Phi) is 5.09. The van der Waals surface area contributed by atoms with Crippen LogP contribution in [-0.2, 0) is 5.91 Å². The Hall–Kier alpha value is -7.32. The topological polar surface area (TPSA) is 120 Å². The molecule has 2 aromatic heterocycles. The van der Waals surface area contributed by atoms with Crippen molar-refractivity contribution in [3.63, 3.8) is 0 Å². The number of hydrogen-bond donors (Lipinski definition) is 4. The summed E-state index contributed by atoms with van der Waals surface area (Å²) in [6.45, 7) is 0. The molecule has 0 saturated carbocycles. The van der Waals surface area contributed by atoms with Gasteiger partial charge in [-0.3, -0.25) is 0 Å². The lowest BCUT2D eigenvalue weighted by molar-refractivity contribution is -0.834. The van der Waals surface area contributed by atoms with Gasteiger partial charge in [-0.1, -0.05) is 57.7 Å². The van der Waals surface area contributed by atoms with Crippen molar-refractivity contribution in [2.75, 3.05) is 22.9 Å². The highest BCUT2D eigenvalue weighted by Crippen LogP contribution is 2.53. The molecule has 6 aromatic rings. The molecule has 8 heteroatoms. The lowest BCUT2D eigenvalue weighted by Gasteiger charge is -2.41. The molecule has 0 fully saturated rings. The molecule has 0 aliphatic carbocycles. The molecular weight excluding hydrogens is 653 g/mol. The zero-order valence-electron chi connectivity index (χ0n) is 28.5. The zero-order chi connectivity index (χ0) is 35.3. The molecule has 12 rings (SSSR count). The first-order chi connectivity index (χ1) is 25.9. The summed E-state index contributed by atoms with van der Waals surface area (Å²) in [5.74, 6) is -0.867. The van der Waals surface area contributed by atoms with E-state index < -0.39 is 5.91 Å². The Morgan fingerprint density at radius 3 is 1.06 bits per heavy atom. The number of hydrogen-bond acceptors (Lipinski definition) is 4. The van der Waals surface area contributed by atoms with Gasteiger partial charge in [0.1, 0.15) is 0 Å². The van der Waals surface area contributed by atoms with Crippen molar-refractivity contribution >= 4 is 56.5 Å². The van der Waals surface area contributed by atoms with Crippen LogP contribution in [0.1, 0.15) is 33.6 Å². The summed E-state index contributed by atoms with van der Waals surface area (Å²) >= 11 is 0. The first kappa shape index (κ1) is 28.4. The highest BCUT2D eigenvalue weighted by atomic mass is 15.6. The van der Waals surface area contributed by atoms with Crippen LogP contribution < -0.4 is 33.6 Å². The molecule has 8 heterocycles. The molecule has 0 amide bonds. The molecular formula is C45H32N8+2. The maximum atomic E-state index is 6.26. The number of nitrogen functional groups attached to an aromatic ring is 4. The van der Waals surface area contributed by atoms with Crippen molar-refractivity contribution in [2.24, 2.45) is 0 Å². The van der Waals surface area contributed by atoms with Gasteiger partial charge in [-0.15, -0.1) is 0 Å². The maximum absolute atomic E-state index is 6.26. The van der Waals surface area contributed by atoms with E-state index in [-0.39, 0.29) is 0 Å². The molecule has 0 unspecified atom stereocenters. The van der Waals surface area contributed by atoms with Gasteiger partial charge in [-0.25, -0.2) is 0 Å². The number of nitrogens with zero attached hydrogens (tertiary/aromatic N) is 4. The molecule has 53 heavy (non-hydrogen) atoms. The van der Waals surface area contributed by atoms with Crippen LogP contribution >= 0.6 is 0 Å². The van der Waals surface area contributed by atoms with E-state index in [2.05, 4.69) is 115 Å². The Morgan fingerprint density at radius 1 is 0.358 bits per heavy atom. The lowest BCUT2D eigenvalue weighted by atomic mass is 9.92. The summed E-state index contributed by atoms with van der Waals surface area (Å²) in [5, 5.41) is 2.25. The summed E-state index contributed by atoms with van der Waals surface area (Å²) in [6, 6.07) is 42.2. The van der Waals surface area contributed by atoms with Gasteiger partial charge in [-0.05, 0) is 95.1 Å². The average Bonchev–Trinajstić information content (AvgIpc) is 3.99. The van der Waals surface area contributed by atoms with Crippen molar-refractivity contribution in [3.8, 4) is 0 Å². The van der Waals surface area contributed by atoms with Crippen LogP contribution in [0.5, 0.6) is 0 Å². The highest BCUT2D eigenvalue weighted by molar-refractivity contribution is 6.29. The van der Waals surface area contributed by atoms with Gasteiger partial charge >= 0.3 is 5.91 Å². The summed E-state index contributed by atoms with van der Waals surface area (Å²) in [6.07, 6.45) is 9.15. The first-order valence-corrected chi connectivity index (χ1v) is 17.8. The van der Waals surface area contributed by atoms with Gasteiger partial charge in [0.2, 0.25) is 22.8 Å². The van der Waals surface area contributed by atoms with Gasteiger partial charge in [0.25, 0.3) is 0 Å². The second-order valence-corrected chi connectivity index (χ2v) is 14.3. The van der Waals surface area contributed by atoms with Crippen molar-refractivity contribution in [2.45, 2.75) is 5.91 Å². The fourth-order valence-corrected chi connectivity index (χ4v) is 9.51. The molecule has 1 spiro atoms. The Morgan fingerprint density at radius 2 is 0.698 bits per heavy atom. The summed E-state index contributed by atoms with van der Waals surface area (Å²) < 4.78 is 10.2. The van der Waals surface area contributed by atoms with Gasteiger partial charge in [0.05, 0.1) is 44.4 Å². The molecule has 8 N–H and O–H groups in total. The Labute approximate surface area is 304 Å². The van der Waals surface area contributed by atoms with Crippen LogP contribution in [0.3, 0.4) is 0 Å². The van der Waals surface area contributed by atoms with E-state index in [0.29, 0.717) is 0 Å². The van der Waals surface area contributed by atoms with E-state index in [1.165, 1.54) is 0 Å². The largest absolute Gasteiger partial charge is 0.553 e. The van der Waals surface area contributed by atoms with Gasteiger partial charge in [0, 0.05) is 47.1 Å². The first-order valence-electron chi connectivity index (χ1n) is 17.8. The molecule has 250 valence electrons. The SMILES string of the molecule is Nc1ccc(C2=C3C=CC4=[N+]3C35n6c2ccc6C(c2ccc(N)cc2)=C2C=CC(=[N+]23)C(c2ccc(N)cc2)=c2ccc(n25)=C4c2ccc(N)cc2)cc1. The van der Waals surface area contributed by atoms with Crippen molar-refractivity contribution < 1.29 is 9.15 Å². The molecule has 6 aliphatic heterocycles. The standard InChI is InChI=1S/C45H30N8/c46-29-9-1-25(2-10-29)41-33-17-19-35-42(26-3-11-30(47)12-4-26)37-21-23-39-44(28-7-15-32(49)16-8-28)40-24-22-38-43(27-5-13-31(48)14-6-27)36-20-18-34(41)51(36)45(50(33)35,52(37)39)53(38)40/h1-24H,(H6,46,47,48,49)/p+2. The van der Waals surface area contributed by atoms with Crippen molar-refractivity contribution in [1.29, 1.82) is 0 Å².